The Balaban J connectivity index is 1.53. The molecule has 0 saturated carbocycles. The van der Waals surface area contributed by atoms with Crippen LogP contribution in [0.5, 0.6) is 11.5 Å². The number of aromatic nitrogens is 2. The number of nitrogens with one attached hydrogen (secondary N) is 1. The molecule has 0 unspecified atom stereocenters. The first-order valence-corrected chi connectivity index (χ1v) is 11.0. The summed E-state index contributed by atoms with van der Waals surface area (Å²) in [5.74, 6) is 1.17. The van der Waals surface area contributed by atoms with Gasteiger partial charge in [-0.1, -0.05) is 41.6 Å². The average Bonchev–Trinajstić information content (AvgIpc) is 2.76. The predicted molar refractivity (Wildman–Crippen MR) is 126 cm³/mol. The second-order valence-corrected chi connectivity index (χ2v) is 8.15. The Morgan fingerprint density at radius 2 is 1.84 bits per heavy atom. The van der Waals surface area contributed by atoms with E-state index in [-0.39, 0.29) is 11.7 Å². The van der Waals surface area contributed by atoms with Gasteiger partial charge in [0.15, 0.2) is 16.7 Å². The third kappa shape index (κ3) is 7.09. The van der Waals surface area contributed by atoms with Crippen molar-refractivity contribution in [3.63, 3.8) is 0 Å². The maximum absolute atomic E-state index is 12.1. The normalized spacial score (nSPS) is 10.9. The maximum atomic E-state index is 12.1. The molecule has 32 heavy (non-hydrogen) atoms. The number of hydrogen-bond acceptors (Lipinski definition) is 7. The summed E-state index contributed by atoms with van der Waals surface area (Å²) < 4.78 is 11.3. The molecule has 166 valence electrons. The van der Waals surface area contributed by atoms with Gasteiger partial charge in [0.05, 0.1) is 19.1 Å². The van der Waals surface area contributed by atoms with Crippen molar-refractivity contribution >= 4 is 23.9 Å². The molecular formula is C24H26N4O3S. The quantitative estimate of drug-likeness (QED) is 0.227. The number of nitrogens with zero attached hydrogens (tertiary/aromatic N) is 3. The van der Waals surface area contributed by atoms with Gasteiger partial charge in [-0.15, -0.1) is 0 Å². The van der Waals surface area contributed by atoms with E-state index < -0.39 is 0 Å². The second kappa shape index (κ2) is 11.3. The fourth-order valence-electron chi connectivity index (χ4n) is 2.95. The number of benzene rings is 2. The van der Waals surface area contributed by atoms with Crippen LogP contribution in [0.2, 0.25) is 0 Å². The molecule has 0 aliphatic rings. The SMILES string of the molecule is COc1cc(/C=N\NC(=O)CSc2nc(C)cc(C)n2)ccc1OCc1cccc(C)c1. The summed E-state index contributed by atoms with van der Waals surface area (Å²) in [6, 6.07) is 15.5. The number of aryl methyl sites for hydroxylation is 3. The van der Waals surface area contributed by atoms with Crippen LogP contribution in [0.3, 0.4) is 0 Å². The number of hydrazone groups is 1. The van der Waals surface area contributed by atoms with Crippen LogP contribution >= 0.6 is 11.8 Å². The summed E-state index contributed by atoms with van der Waals surface area (Å²) in [5.41, 5.74) is 7.31. The summed E-state index contributed by atoms with van der Waals surface area (Å²) in [5, 5.41) is 4.60. The molecule has 1 N–H and O–H groups in total. The van der Waals surface area contributed by atoms with Gasteiger partial charge in [0, 0.05) is 11.4 Å². The van der Waals surface area contributed by atoms with E-state index >= 15 is 0 Å². The number of amides is 1. The van der Waals surface area contributed by atoms with Crippen LogP contribution in [0, 0.1) is 20.8 Å². The zero-order valence-electron chi connectivity index (χ0n) is 18.6. The number of ether oxygens (including phenoxy) is 2. The van der Waals surface area contributed by atoms with Gasteiger partial charge in [0.1, 0.15) is 6.61 Å². The number of carbonyl (C=O) groups excluding carboxylic acids is 1. The van der Waals surface area contributed by atoms with E-state index in [1.165, 1.54) is 17.3 Å². The molecule has 0 atom stereocenters. The smallest absolute Gasteiger partial charge is 0.250 e. The molecule has 3 rings (SSSR count). The Labute approximate surface area is 192 Å². The highest BCUT2D eigenvalue weighted by atomic mass is 32.2. The van der Waals surface area contributed by atoms with Crippen LogP contribution in [0.15, 0.2) is 58.8 Å². The largest absolute Gasteiger partial charge is 0.493 e. The minimum absolute atomic E-state index is 0.176. The van der Waals surface area contributed by atoms with Gasteiger partial charge in [0.2, 0.25) is 0 Å². The molecule has 1 amide bonds. The molecular weight excluding hydrogens is 424 g/mol. The van der Waals surface area contributed by atoms with E-state index in [0.29, 0.717) is 23.3 Å². The molecule has 0 aliphatic carbocycles. The minimum atomic E-state index is -0.237. The molecule has 1 aromatic heterocycles. The molecule has 0 spiro atoms. The molecule has 3 aromatic rings. The molecule has 0 radical (unpaired) electrons. The molecule has 1 heterocycles. The number of carbonyl (C=O) groups is 1. The molecule has 2 aromatic carbocycles. The first-order chi connectivity index (χ1) is 15.4. The number of thioether (sulfide) groups is 1. The van der Waals surface area contributed by atoms with Gasteiger partial charge in [-0.2, -0.15) is 5.10 Å². The van der Waals surface area contributed by atoms with E-state index in [2.05, 4.69) is 26.6 Å². The fraction of sp³-hybridized carbons (Fsp3) is 0.250. The van der Waals surface area contributed by atoms with E-state index in [4.69, 9.17) is 9.47 Å². The van der Waals surface area contributed by atoms with E-state index in [1.54, 1.807) is 19.4 Å². The van der Waals surface area contributed by atoms with E-state index in [1.807, 2.05) is 57.2 Å². The van der Waals surface area contributed by atoms with Crippen LogP contribution in [0.4, 0.5) is 0 Å². The van der Waals surface area contributed by atoms with Crippen molar-refractivity contribution < 1.29 is 14.3 Å². The summed E-state index contributed by atoms with van der Waals surface area (Å²) in [4.78, 5) is 20.7. The second-order valence-electron chi connectivity index (χ2n) is 7.20. The van der Waals surface area contributed by atoms with Crippen LogP contribution in [-0.2, 0) is 11.4 Å². The third-order valence-electron chi connectivity index (χ3n) is 4.36. The minimum Gasteiger partial charge on any atom is -0.493 e. The summed E-state index contributed by atoms with van der Waals surface area (Å²) >= 11 is 1.27. The topological polar surface area (TPSA) is 85.7 Å². The van der Waals surface area contributed by atoms with Gasteiger partial charge in [-0.3, -0.25) is 4.79 Å². The van der Waals surface area contributed by atoms with E-state index in [0.717, 1.165) is 22.5 Å². The van der Waals surface area contributed by atoms with Crippen molar-refractivity contribution in [1.29, 1.82) is 0 Å². The molecule has 7 nitrogen and oxygen atoms in total. The van der Waals surface area contributed by atoms with Crippen molar-refractivity contribution in [1.82, 2.24) is 15.4 Å². The lowest BCUT2D eigenvalue weighted by Gasteiger charge is -2.11. The summed E-state index contributed by atoms with van der Waals surface area (Å²) in [7, 11) is 1.59. The van der Waals surface area contributed by atoms with E-state index in [9.17, 15) is 4.79 Å². The van der Waals surface area contributed by atoms with Crippen molar-refractivity contribution in [3.8, 4) is 11.5 Å². The van der Waals surface area contributed by atoms with Gasteiger partial charge in [-0.25, -0.2) is 15.4 Å². The lowest BCUT2D eigenvalue weighted by molar-refractivity contribution is -0.118. The standard InChI is InChI=1S/C24H26N4O3S/c1-16-6-5-7-20(10-16)14-31-21-9-8-19(12-22(21)30-4)13-25-28-23(29)15-32-24-26-17(2)11-18(3)27-24/h5-13H,14-15H2,1-4H3,(H,28,29)/b25-13-. The summed E-state index contributed by atoms with van der Waals surface area (Å²) in [6.45, 7) is 6.29. The Kier molecular flexibility index (Phi) is 8.21. The first kappa shape index (κ1) is 23.3. The Hall–Kier alpha value is -3.39. The average molecular weight is 451 g/mol. The Morgan fingerprint density at radius 1 is 1.06 bits per heavy atom. The monoisotopic (exact) mass is 450 g/mol. The highest BCUT2D eigenvalue weighted by molar-refractivity contribution is 7.99. The lowest BCUT2D eigenvalue weighted by atomic mass is 10.1. The van der Waals surface area contributed by atoms with Gasteiger partial charge in [-0.05, 0) is 56.2 Å². The highest BCUT2D eigenvalue weighted by Crippen LogP contribution is 2.28. The first-order valence-electron chi connectivity index (χ1n) is 10.1. The van der Waals surface area contributed by atoms with Crippen molar-refractivity contribution in [2.24, 2.45) is 5.10 Å². The summed E-state index contributed by atoms with van der Waals surface area (Å²) in [6.07, 6.45) is 1.56. The fourth-order valence-corrected chi connectivity index (χ4v) is 3.69. The molecule has 0 bridgehead atoms. The molecule has 0 saturated heterocycles. The predicted octanol–water partition coefficient (Wildman–Crippen LogP) is 4.23. The Bertz CT molecular complexity index is 1100. The van der Waals surface area contributed by atoms with Crippen LogP contribution in [0.25, 0.3) is 0 Å². The van der Waals surface area contributed by atoms with Crippen LogP contribution in [0.1, 0.15) is 28.1 Å². The van der Waals surface area contributed by atoms with Crippen LogP contribution < -0.4 is 14.9 Å². The van der Waals surface area contributed by atoms with Crippen molar-refractivity contribution in [2.75, 3.05) is 12.9 Å². The van der Waals surface area contributed by atoms with Gasteiger partial charge < -0.3 is 9.47 Å². The highest BCUT2D eigenvalue weighted by Gasteiger charge is 2.07. The van der Waals surface area contributed by atoms with Crippen LogP contribution in [-0.4, -0.2) is 35.0 Å². The lowest BCUT2D eigenvalue weighted by Crippen LogP contribution is -2.19. The Morgan fingerprint density at radius 3 is 2.56 bits per heavy atom. The molecule has 0 fully saturated rings. The molecule has 0 aliphatic heterocycles. The van der Waals surface area contributed by atoms with Gasteiger partial charge in [0.25, 0.3) is 5.91 Å². The number of hydrogen-bond donors (Lipinski definition) is 1. The number of methoxy groups -OCH3 is 1. The zero-order chi connectivity index (χ0) is 22.9. The third-order valence-corrected chi connectivity index (χ3v) is 5.21. The molecule has 8 heteroatoms. The van der Waals surface area contributed by atoms with Gasteiger partial charge >= 0.3 is 0 Å². The van der Waals surface area contributed by atoms with Crippen molar-refractivity contribution in [2.45, 2.75) is 32.5 Å². The number of rotatable bonds is 9. The van der Waals surface area contributed by atoms with Crippen molar-refractivity contribution in [3.05, 3.63) is 76.6 Å². The maximum Gasteiger partial charge on any atom is 0.250 e. The zero-order valence-corrected chi connectivity index (χ0v) is 19.4.